The van der Waals surface area contributed by atoms with E-state index in [1.807, 2.05) is 0 Å². The van der Waals surface area contributed by atoms with E-state index in [4.69, 9.17) is 15.3 Å². The Hall–Kier alpha value is -1.10. The predicted octanol–water partition coefficient (Wildman–Crippen LogP) is 3.06. The van der Waals surface area contributed by atoms with E-state index in [9.17, 15) is 9.59 Å². The molecule has 3 N–H and O–H groups in total. The second-order valence-corrected chi connectivity index (χ2v) is 4.43. The number of carbonyl (C=O) groups is 2. The summed E-state index contributed by atoms with van der Waals surface area (Å²) in [5, 5.41) is 24.4. The molecule has 0 aliphatic carbocycles. The summed E-state index contributed by atoms with van der Waals surface area (Å²) < 4.78 is 0. The number of carboxylic acids is 2. The first kappa shape index (κ1) is 20.2. The van der Waals surface area contributed by atoms with Gasteiger partial charge in [-0.15, -0.1) is 0 Å². The predicted molar refractivity (Wildman–Crippen MR) is 74.2 cm³/mol. The van der Waals surface area contributed by atoms with Crippen LogP contribution in [0.4, 0.5) is 0 Å². The monoisotopic (exact) mass is 276 g/mol. The van der Waals surface area contributed by atoms with Crippen LogP contribution in [-0.4, -0.2) is 33.9 Å². The summed E-state index contributed by atoms with van der Waals surface area (Å²) in [5.74, 6) is -1.43. The van der Waals surface area contributed by atoms with Gasteiger partial charge in [0.25, 0.3) is 0 Å². The molecule has 0 aliphatic heterocycles. The molecule has 0 atom stereocenters. The van der Waals surface area contributed by atoms with Crippen molar-refractivity contribution in [2.24, 2.45) is 0 Å². The zero-order valence-electron chi connectivity index (χ0n) is 11.9. The molecular formula is C14H28O5. The molecule has 19 heavy (non-hydrogen) atoms. The maximum Gasteiger partial charge on any atom is 0.303 e. The van der Waals surface area contributed by atoms with Crippen molar-refractivity contribution >= 4 is 11.9 Å². The average molecular weight is 276 g/mol. The van der Waals surface area contributed by atoms with Gasteiger partial charge in [-0.2, -0.15) is 0 Å². The molecule has 0 bridgehead atoms. The smallest absolute Gasteiger partial charge is 0.303 e. The summed E-state index contributed by atoms with van der Waals surface area (Å²) in [7, 11) is 0. The molecule has 0 heterocycles. The van der Waals surface area contributed by atoms with E-state index in [1.54, 1.807) is 6.92 Å². The van der Waals surface area contributed by atoms with Crippen LogP contribution in [0.15, 0.2) is 0 Å². The maximum atomic E-state index is 10.2. The SMILES string of the molecule is CCO.O=C(O)CCCCCCCCCCC(=O)O. The van der Waals surface area contributed by atoms with Gasteiger partial charge in [-0.25, -0.2) is 0 Å². The Labute approximate surface area is 115 Å². The quantitative estimate of drug-likeness (QED) is 0.504. The third-order valence-electron chi connectivity index (χ3n) is 2.53. The fourth-order valence-electron chi connectivity index (χ4n) is 1.61. The molecule has 114 valence electrons. The van der Waals surface area contributed by atoms with Crippen LogP contribution in [0.5, 0.6) is 0 Å². The average Bonchev–Trinajstić information content (AvgIpc) is 2.32. The molecular weight excluding hydrogens is 248 g/mol. The molecule has 0 radical (unpaired) electrons. The van der Waals surface area contributed by atoms with Gasteiger partial charge in [0.1, 0.15) is 0 Å². The van der Waals surface area contributed by atoms with Gasteiger partial charge in [-0.1, -0.05) is 38.5 Å². The van der Waals surface area contributed by atoms with Crippen LogP contribution in [0.3, 0.4) is 0 Å². The van der Waals surface area contributed by atoms with E-state index in [2.05, 4.69) is 0 Å². The van der Waals surface area contributed by atoms with Crippen molar-refractivity contribution in [2.75, 3.05) is 6.61 Å². The van der Waals surface area contributed by atoms with Gasteiger partial charge in [-0.05, 0) is 19.8 Å². The minimum atomic E-state index is -0.714. The van der Waals surface area contributed by atoms with Gasteiger partial charge < -0.3 is 15.3 Å². The van der Waals surface area contributed by atoms with Crippen LogP contribution in [0.1, 0.15) is 71.1 Å². The largest absolute Gasteiger partial charge is 0.481 e. The van der Waals surface area contributed by atoms with Crippen molar-refractivity contribution < 1.29 is 24.9 Å². The standard InChI is InChI=1S/C12H22O4.C2H6O/c13-11(14)9-7-5-3-1-2-4-6-8-10-12(15)16;1-2-3/h1-10H2,(H,13,14)(H,15,16);3H,2H2,1H3. The van der Waals surface area contributed by atoms with Crippen LogP contribution in [0.2, 0.25) is 0 Å². The van der Waals surface area contributed by atoms with Gasteiger partial charge in [-0.3, -0.25) is 9.59 Å². The Bertz CT molecular complexity index is 194. The molecule has 0 saturated carbocycles. The summed E-state index contributed by atoms with van der Waals surface area (Å²) in [6.45, 7) is 1.93. The molecule has 0 aliphatic rings. The lowest BCUT2D eigenvalue weighted by Gasteiger charge is -2.00. The Balaban J connectivity index is 0. The molecule has 0 aromatic heterocycles. The Morgan fingerprint density at radius 3 is 1.11 bits per heavy atom. The highest BCUT2D eigenvalue weighted by Crippen LogP contribution is 2.10. The van der Waals surface area contributed by atoms with Crippen molar-refractivity contribution in [3.05, 3.63) is 0 Å². The Morgan fingerprint density at radius 1 is 0.684 bits per heavy atom. The van der Waals surface area contributed by atoms with E-state index in [0.717, 1.165) is 51.4 Å². The normalized spacial score (nSPS) is 9.58. The topological polar surface area (TPSA) is 94.8 Å². The number of unbranched alkanes of at least 4 members (excludes halogenated alkanes) is 7. The van der Waals surface area contributed by atoms with E-state index < -0.39 is 11.9 Å². The van der Waals surface area contributed by atoms with Gasteiger partial charge in [0.15, 0.2) is 0 Å². The first-order valence-corrected chi connectivity index (χ1v) is 7.09. The summed E-state index contributed by atoms with van der Waals surface area (Å²) >= 11 is 0. The van der Waals surface area contributed by atoms with E-state index in [0.29, 0.717) is 0 Å². The zero-order chi connectivity index (χ0) is 14.9. The van der Waals surface area contributed by atoms with Gasteiger partial charge >= 0.3 is 11.9 Å². The van der Waals surface area contributed by atoms with Crippen molar-refractivity contribution in [2.45, 2.75) is 71.1 Å². The number of hydrogen-bond donors (Lipinski definition) is 3. The van der Waals surface area contributed by atoms with Crippen molar-refractivity contribution in [1.82, 2.24) is 0 Å². The number of hydrogen-bond acceptors (Lipinski definition) is 3. The first-order chi connectivity index (χ1) is 9.04. The lowest BCUT2D eigenvalue weighted by atomic mass is 10.1. The summed E-state index contributed by atoms with van der Waals surface area (Å²) in [4.78, 5) is 20.4. The van der Waals surface area contributed by atoms with Crippen LogP contribution in [0, 0.1) is 0 Å². The second-order valence-electron chi connectivity index (χ2n) is 4.43. The third-order valence-corrected chi connectivity index (χ3v) is 2.53. The van der Waals surface area contributed by atoms with Crippen LogP contribution >= 0.6 is 0 Å². The maximum absolute atomic E-state index is 10.2. The molecule has 0 rings (SSSR count). The van der Waals surface area contributed by atoms with Gasteiger partial charge in [0, 0.05) is 19.4 Å². The van der Waals surface area contributed by atoms with E-state index >= 15 is 0 Å². The highest BCUT2D eigenvalue weighted by molar-refractivity contribution is 5.66. The lowest BCUT2D eigenvalue weighted by Crippen LogP contribution is -1.94. The number of aliphatic hydroxyl groups excluding tert-OH is 1. The Morgan fingerprint density at radius 2 is 0.895 bits per heavy atom. The minimum absolute atomic E-state index is 0.250. The highest BCUT2D eigenvalue weighted by Gasteiger charge is 1.98. The second kappa shape index (κ2) is 16.9. The number of carboxylic acid groups (broad SMARTS) is 2. The molecule has 0 fully saturated rings. The van der Waals surface area contributed by atoms with Crippen LogP contribution in [0.25, 0.3) is 0 Å². The fraction of sp³-hybridized carbons (Fsp3) is 0.857. The molecule has 0 aromatic carbocycles. The third kappa shape index (κ3) is 26.5. The molecule has 5 heteroatoms. The minimum Gasteiger partial charge on any atom is -0.481 e. The fourth-order valence-corrected chi connectivity index (χ4v) is 1.61. The van der Waals surface area contributed by atoms with Crippen LogP contribution in [-0.2, 0) is 9.59 Å². The first-order valence-electron chi connectivity index (χ1n) is 7.09. The molecule has 0 amide bonds. The van der Waals surface area contributed by atoms with E-state index in [1.165, 1.54) is 0 Å². The number of aliphatic hydroxyl groups is 1. The van der Waals surface area contributed by atoms with Gasteiger partial charge in [0.2, 0.25) is 0 Å². The molecule has 0 unspecified atom stereocenters. The molecule has 0 aromatic rings. The van der Waals surface area contributed by atoms with Gasteiger partial charge in [0.05, 0.1) is 0 Å². The molecule has 0 saturated heterocycles. The summed E-state index contributed by atoms with van der Waals surface area (Å²) in [6, 6.07) is 0. The molecule has 0 spiro atoms. The van der Waals surface area contributed by atoms with Crippen molar-refractivity contribution in [1.29, 1.82) is 0 Å². The Kier molecular flexibility index (Phi) is 18.0. The zero-order valence-corrected chi connectivity index (χ0v) is 11.9. The summed E-state index contributed by atoms with van der Waals surface area (Å²) in [5.41, 5.74) is 0. The lowest BCUT2D eigenvalue weighted by molar-refractivity contribution is -0.138. The van der Waals surface area contributed by atoms with Crippen molar-refractivity contribution in [3.8, 4) is 0 Å². The van der Waals surface area contributed by atoms with Crippen molar-refractivity contribution in [3.63, 3.8) is 0 Å². The molecule has 5 nitrogen and oxygen atoms in total. The number of rotatable bonds is 11. The number of aliphatic carboxylic acids is 2. The van der Waals surface area contributed by atoms with Crippen LogP contribution < -0.4 is 0 Å². The highest BCUT2D eigenvalue weighted by atomic mass is 16.4. The van der Waals surface area contributed by atoms with E-state index in [-0.39, 0.29) is 19.4 Å². The summed E-state index contributed by atoms with van der Waals surface area (Å²) in [6.07, 6.45) is 8.51.